The number of carbonyl (C=O) groups excluding carboxylic acids is 2. The van der Waals surface area contributed by atoms with E-state index < -0.39 is 0 Å². The Morgan fingerprint density at radius 3 is 2.29 bits per heavy atom. The van der Waals surface area contributed by atoms with Gasteiger partial charge in [-0.05, 0) is 32.1 Å². The Hall–Kier alpha value is -1.88. The van der Waals surface area contributed by atoms with E-state index in [1.165, 1.54) is 0 Å². The molecule has 1 N–H and O–H groups in total. The normalized spacial score (nSPS) is 15.1. The Balaban J connectivity index is 1.80. The molecular weight excluding hydrogens is 266 g/mol. The zero-order chi connectivity index (χ0) is 15.1. The highest BCUT2D eigenvalue weighted by Gasteiger charge is 2.24. The first-order valence-electron chi connectivity index (χ1n) is 7.49. The lowest BCUT2D eigenvalue weighted by atomic mass is 10.1. The predicted octanol–water partition coefficient (Wildman–Crippen LogP) is 0.971. The molecule has 114 valence electrons. The summed E-state index contributed by atoms with van der Waals surface area (Å²) in [5.41, 5.74) is 0.714. The molecule has 1 aliphatic heterocycles. The van der Waals surface area contributed by atoms with E-state index in [-0.39, 0.29) is 11.8 Å². The van der Waals surface area contributed by atoms with Crippen LogP contribution in [0.25, 0.3) is 0 Å². The van der Waals surface area contributed by atoms with E-state index in [2.05, 4.69) is 5.32 Å². The van der Waals surface area contributed by atoms with Gasteiger partial charge in [0.05, 0.1) is 0 Å². The molecule has 5 heteroatoms. The zero-order valence-electron chi connectivity index (χ0n) is 12.5. The number of benzene rings is 1. The van der Waals surface area contributed by atoms with Gasteiger partial charge < -0.3 is 15.1 Å². The van der Waals surface area contributed by atoms with Crippen molar-refractivity contribution in [2.75, 3.05) is 39.8 Å². The van der Waals surface area contributed by atoms with Gasteiger partial charge in [0.25, 0.3) is 5.91 Å². The van der Waals surface area contributed by atoms with E-state index in [0.717, 1.165) is 13.0 Å². The van der Waals surface area contributed by atoms with Crippen molar-refractivity contribution in [2.24, 2.45) is 0 Å². The first-order valence-corrected chi connectivity index (χ1v) is 7.49. The highest BCUT2D eigenvalue weighted by atomic mass is 16.2. The Morgan fingerprint density at radius 2 is 1.67 bits per heavy atom. The van der Waals surface area contributed by atoms with E-state index >= 15 is 0 Å². The van der Waals surface area contributed by atoms with E-state index in [1.807, 2.05) is 47.2 Å². The Kier molecular flexibility index (Phi) is 5.75. The molecule has 0 spiro atoms. The molecule has 0 saturated carbocycles. The molecule has 2 rings (SSSR count). The molecule has 5 nitrogen and oxygen atoms in total. The number of carbonyl (C=O) groups is 2. The molecule has 0 aliphatic carbocycles. The minimum Gasteiger partial charge on any atom is -0.339 e. The van der Waals surface area contributed by atoms with Gasteiger partial charge >= 0.3 is 0 Å². The fourth-order valence-corrected chi connectivity index (χ4v) is 2.50. The fourth-order valence-electron chi connectivity index (χ4n) is 2.50. The Morgan fingerprint density at radius 1 is 1.05 bits per heavy atom. The largest absolute Gasteiger partial charge is 0.339 e. The average Bonchev–Trinajstić information content (AvgIpc) is 2.55. The highest BCUT2D eigenvalue weighted by molar-refractivity contribution is 5.94. The molecule has 1 aromatic rings. The first-order chi connectivity index (χ1) is 10.2. The van der Waals surface area contributed by atoms with E-state index in [0.29, 0.717) is 38.2 Å². The number of rotatable bonds is 5. The average molecular weight is 289 g/mol. The van der Waals surface area contributed by atoms with E-state index in [1.54, 1.807) is 0 Å². The van der Waals surface area contributed by atoms with Gasteiger partial charge in [0.2, 0.25) is 5.91 Å². The summed E-state index contributed by atoms with van der Waals surface area (Å²) in [5, 5.41) is 3.04. The molecule has 2 amide bonds. The second kappa shape index (κ2) is 7.78. The number of hydrogen-bond acceptors (Lipinski definition) is 3. The van der Waals surface area contributed by atoms with Crippen LogP contribution in [-0.4, -0.2) is 61.4 Å². The molecule has 21 heavy (non-hydrogen) atoms. The van der Waals surface area contributed by atoms with Gasteiger partial charge in [0.1, 0.15) is 0 Å². The van der Waals surface area contributed by atoms with E-state index in [9.17, 15) is 9.59 Å². The quantitative estimate of drug-likeness (QED) is 0.822. The van der Waals surface area contributed by atoms with Crippen molar-refractivity contribution in [3.05, 3.63) is 35.9 Å². The first kappa shape index (κ1) is 15.5. The zero-order valence-corrected chi connectivity index (χ0v) is 12.5. The second-order valence-corrected chi connectivity index (χ2v) is 5.25. The third-order valence-corrected chi connectivity index (χ3v) is 3.76. The molecule has 1 saturated heterocycles. The third kappa shape index (κ3) is 4.29. The maximum absolute atomic E-state index is 12.3. The summed E-state index contributed by atoms with van der Waals surface area (Å²) in [5.74, 6) is 0.245. The van der Waals surface area contributed by atoms with Crippen molar-refractivity contribution in [2.45, 2.75) is 12.8 Å². The van der Waals surface area contributed by atoms with Gasteiger partial charge in [0.15, 0.2) is 0 Å². The second-order valence-electron chi connectivity index (χ2n) is 5.25. The van der Waals surface area contributed by atoms with Crippen LogP contribution in [0.4, 0.5) is 0 Å². The molecule has 0 bridgehead atoms. The molecule has 1 heterocycles. The van der Waals surface area contributed by atoms with Gasteiger partial charge in [-0.2, -0.15) is 0 Å². The summed E-state index contributed by atoms with van der Waals surface area (Å²) >= 11 is 0. The highest BCUT2D eigenvalue weighted by Crippen LogP contribution is 2.10. The van der Waals surface area contributed by atoms with Gasteiger partial charge in [0, 0.05) is 38.2 Å². The van der Waals surface area contributed by atoms with Crippen molar-refractivity contribution < 1.29 is 9.59 Å². The fraction of sp³-hybridized carbons (Fsp3) is 0.500. The SMILES string of the molecule is CNCCCC(=O)N1CCN(C(=O)c2ccccc2)CC1. The third-order valence-electron chi connectivity index (χ3n) is 3.76. The van der Waals surface area contributed by atoms with Gasteiger partial charge in [-0.1, -0.05) is 18.2 Å². The smallest absolute Gasteiger partial charge is 0.253 e. The van der Waals surface area contributed by atoms with Crippen molar-refractivity contribution in [1.82, 2.24) is 15.1 Å². The summed E-state index contributed by atoms with van der Waals surface area (Å²) in [6.07, 6.45) is 1.44. The molecule has 1 aliphatic rings. The summed E-state index contributed by atoms with van der Waals surface area (Å²) in [4.78, 5) is 28.0. The minimum atomic E-state index is 0.0536. The Bertz CT molecular complexity index is 468. The lowest BCUT2D eigenvalue weighted by Crippen LogP contribution is -2.50. The van der Waals surface area contributed by atoms with Crippen LogP contribution in [0.5, 0.6) is 0 Å². The van der Waals surface area contributed by atoms with Crippen LogP contribution in [0.1, 0.15) is 23.2 Å². The molecular formula is C16H23N3O2. The monoisotopic (exact) mass is 289 g/mol. The number of nitrogens with one attached hydrogen (secondary N) is 1. The molecule has 1 fully saturated rings. The van der Waals surface area contributed by atoms with Gasteiger partial charge in [-0.15, -0.1) is 0 Å². The summed E-state index contributed by atoms with van der Waals surface area (Å²) in [7, 11) is 1.89. The maximum Gasteiger partial charge on any atom is 0.253 e. The summed E-state index contributed by atoms with van der Waals surface area (Å²) < 4.78 is 0. The van der Waals surface area contributed by atoms with Crippen LogP contribution >= 0.6 is 0 Å². The van der Waals surface area contributed by atoms with Crippen molar-refractivity contribution in [3.8, 4) is 0 Å². The van der Waals surface area contributed by atoms with Crippen LogP contribution < -0.4 is 5.32 Å². The van der Waals surface area contributed by atoms with Crippen LogP contribution in [0, 0.1) is 0 Å². The summed E-state index contributed by atoms with van der Waals surface area (Å²) in [6, 6.07) is 9.30. The van der Waals surface area contributed by atoms with Gasteiger partial charge in [-0.25, -0.2) is 0 Å². The topological polar surface area (TPSA) is 52.7 Å². The molecule has 0 radical (unpaired) electrons. The van der Waals surface area contributed by atoms with Crippen molar-refractivity contribution in [1.29, 1.82) is 0 Å². The van der Waals surface area contributed by atoms with Crippen LogP contribution in [0.2, 0.25) is 0 Å². The van der Waals surface area contributed by atoms with Crippen LogP contribution in [0.3, 0.4) is 0 Å². The Labute approximate surface area is 125 Å². The number of amides is 2. The molecule has 1 aromatic carbocycles. The number of piperazine rings is 1. The lowest BCUT2D eigenvalue weighted by molar-refractivity contribution is -0.132. The maximum atomic E-state index is 12.3. The lowest BCUT2D eigenvalue weighted by Gasteiger charge is -2.35. The van der Waals surface area contributed by atoms with Crippen molar-refractivity contribution >= 4 is 11.8 Å². The molecule has 0 unspecified atom stereocenters. The van der Waals surface area contributed by atoms with E-state index in [4.69, 9.17) is 0 Å². The standard InChI is InChI=1S/C16H23N3O2/c1-17-9-5-8-15(20)18-10-12-19(13-11-18)16(21)14-6-3-2-4-7-14/h2-4,6-7,17H,5,8-13H2,1H3. The number of hydrogen-bond donors (Lipinski definition) is 1. The summed E-state index contributed by atoms with van der Waals surface area (Å²) in [6.45, 7) is 3.36. The van der Waals surface area contributed by atoms with Gasteiger partial charge in [-0.3, -0.25) is 9.59 Å². The molecule has 0 aromatic heterocycles. The number of nitrogens with zero attached hydrogens (tertiary/aromatic N) is 2. The molecule has 0 atom stereocenters. The minimum absolute atomic E-state index is 0.0536. The predicted molar refractivity (Wildman–Crippen MR) is 82.1 cm³/mol. The van der Waals surface area contributed by atoms with Crippen LogP contribution in [-0.2, 0) is 4.79 Å². The van der Waals surface area contributed by atoms with Crippen molar-refractivity contribution in [3.63, 3.8) is 0 Å². The van der Waals surface area contributed by atoms with Crippen LogP contribution in [0.15, 0.2) is 30.3 Å².